The van der Waals surface area contributed by atoms with Crippen molar-refractivity contribution in [2.75, 3.05) is 6.54 Å². The normalized spacial score (nSPS) is 30.1. The maximum Gasteiger partial charge on any atom is 0.274 e. The first-order valence-corrected chi connectivity index (χ1v) is 6.92. The number of aromatic amines is 1. The van der Waals surface area contributed by atoms with Crippen molar-refractivity contribution in [3.8, 4) is 0 Å². The van der Waals surface area contributed by atoms with Gasteiger partial charge >= 0.3 is 0 Å². The van der Waals surface area contributed by atoms with Gasteiger partial charge in [-0.1, -0.05) is 6.42 Å². The summed E-state index contributed by atoms with van der Waals surface area (Å²) in [5.74, 6) is 2.75. The highest BCUT2D eigenvalue weighted by Crippen LogP contribution is 2.43. The third kappa shape index (κ3) is 1.63. The highest BCUT2D eigenvalue weighted by Gasteiger charge is 2.41. The molecule has 3 atom stereocenters. The number of aromatic nitrogens is 4. The van der Waals surface area contributed by atoms with Gasteiger partial charge in [-0.05, 0) is 38.1 Å². The standard InChI is InChI=1S/C13H17N5O/c1-7-5-10(19)18-13(15-7)16-12(17-18)11-9-4-2-3-8(9)6-14-11/h5,8-9,11,14H,2-4,6H2,1H3,(H,15,16,17). The van der Waals surface area contributed by atoms with Crippen LogP contribution in [0.5, 0.6) is 0 Å². The van der Waals surface area contributed by atoms with Crippen LogP contribution >= 0.6 is 0 Å². The van der Waals surface area contributed by atoms with Gasteiger partial charge in [0.25, 0.3) is 11.3 Å². The highest BCUT2D eigenvalue weighted by molar-refractivity contribution is 5.28. The maximum atomic E-state index is 11.9. The molecule has 1 saturated carbocycles. The van der Waals surface area contributed by atoms with E-state index in [2.05, 4.69) is 20.4 Å². The zero-order valence-corrected chi connectivity index (χ0v) is 10.9. The zero-order chi connectivity index (χ0) is 13.0. The fraction of sp³-hybridized carbons (Fsp3) is 0.615. The van der Waals surface area contributed by atoms with E-state index in [0.717, 1.165) is 18.3 Å². The Morgan fingerprint density at radius 3 is 3.16 bits per heavy atom. The fourth-order valence-electron chi connectivity index (χ4n) is 3.64. The Balaban J connectivity index is 1.79. The molecule has 19 heavy (non-hydrogen) atoms. The van der Waals surface area contributed by atoms with E-state index in [1.54, 1.807) is 0 Å². The number of hydrogen-bond donors (Lipinski definition) is 2. The molecule has 0 spiro atoms. The first kappa shape index (κ1) is 11.2. The van der Waals surface area contributed by atoms with Crippen LogP contribution in [-0.2, 0) is 0 Å². The Hall–Kier alpha value is -1.69. The Bertz CT molecular complexity index is 688. The van der Waals surface area contributed by atoms with Gasteiger partial charge in [0, 0.05) is 11.8 Å². The first-order chi connectivity index (χ1) is 9.22. The Kier molecular flexibility index (Phi) is 2.29. The lowest BCUT2D eigenvalue weighted by atomic mass is 9.94. The van der Waals surface area contributed by atoms with Crippen molar-refractivity contribution >= 4 is 5.78 Å². The van der Waals surface area contributed by atoms with Crippen molar-refractivity contribution in [2.45, 2.75) is 32.2 Å². The van der Waals surface area contributed by atoms with Crippen molar-refractivity contribution in [2.24, 2.45) is 11.8 Å². The summed E-state index contributed by atoms with van der Waals surface area (Å²) in [5, 5.41) is 6.65. The SMILES string of the molecule is Cc1cc(=O)n2[nH]c(C3NCC4CCCC43)nc2n1. The van der Waals surface area contributed by atoms with E-state index >= 15 is 0 Å². The second-order valence-corrected chi connectivity index (χ2v) is 5.72. The number of hydrogen-bond acceptors (Lipinski definition) is 4. The van der Waals surface area contributed by atoms with E-state index in [1.807, 2.05) is 6.92 Å². The summed E-state index contributed by atoms with van der Waals surface area (Å²) in [7, 11) is 0. The average molecular weight is 259 g/mol. The van der Waals surface area contributed by atoms with Gasteiger partial charge in [0.2, 0.25) is 0 Å². The Labute approximate surface area is 110 Å². The molecule has 1 saturated heterocycles. The third-order valence-electron chi connectivity index (χ3n) is 4.52. The number of aryl methyl sites for hydroxylation is 1. The van der Waals surface area contributed by atoms with E-state index in [9.17, 15) is 4.79 Å². The van der Waals surface area contributed by atoms with E-state index in [-0.39, 0.29) is 11.6 Å². The molecule has 2 fully saturated rings. The summed E-state index contributed by atoms with van der Waals surface area (Å²) in [6, 6.07) is 1.77. The van der Waals surface area contributed by atoms with Crippen molar-refractivity contribution < 1.29 is 0 Å². The van der Waals surface area contributed by atoms with Crippen LogP contribution in [0.2, 0.25) is 0 Å². The molecule has 0 radical (unpaired) electrons. The lowest BCUT2D eigenvalue weighted by molar-refractivity contribution is 0.408. The van der Waals surface area contributed by atoms with Gasteiger partial charge in [0.15, 0.2) is 0 Å². The molecule has 2 aliphatic rings. The monoisotopic (exact) mass is 259 g/mol. The molecule has 2 aromatic rings. The number of fused-ring (bicyclic) bond motifs is 2. The molecule has 4 rings (SSSR count). The van der Waals surface area contributed by atoms with Gasteiger partial charge in [-0.15, -0.1) is 0 Å². The van der Waals surface area contributed by atoms with Crippen LogP contribution in [0.3, 0.4) is 0 Å². The summed E-state index contributed by atoms with van der Waals surface area (Å²) in [5.41, 5.74) is 0.614. The van der Waals surface area contributed by atoms with Crippen LogP contribution in [0.25, 0.3) is 5.78 Å². The molecule has 0 aromatic carbocycles. The Morgan fingerprint density at radius 2 is 2.26 bits per heavy atom. The van der Waals surface area contributed by atoms with Crippen molar-refractivity contribution in [3.05, 3.63) is 27.9 Å². The number of nitrogens with zero attached hydrogens (tertiary/aromatic N) is 3. The fourth-order valence-corrected chi connectivity index (χ4v) is 3.64. The molecule has 1 aliphatic carbocycles. The quantitative estimate of drug-likeness (QED) is 0.794. The van der Waals surface area contributed by atoms with Crippen molar-refractivity contribution in [3.63, 3.8) is 0 Å². The molecule has 0 bridgehead atoms. The minimum atomic E-state index is -0.0952. The molecule has 2 N–H and O–H groups in total. The van der Waals surface area contributed by atoms with Crippen molar-refractivity contribution in [1.29, 1.82) is 0 Å². The maximum absolute atomic E-state index is 11.9. The molecule has 6 heteroatoms. The van der Waals surface area contributed by atoms with Gasteiger partial charge in [0.05, 0.1) is 6.04 Å². The molecule has 3 unspecified atom stereocenters. The molecule has 0 amide bonds. The third-order valence-corrected chi connectivity index (χ3v) is 4.52. The van der Waals surface area contributed by atoms with Gasteiger partial charge < -0.3 is 5.32 Å². The topological polar surface area (TPSA) is 75.1 Å². The van der Waals surface area contributed by atoms with Crippen LogP contribution in [0.15, 0.2) is 10.9 Å². The van der Waals surface area contributed by atoms with E-state index in [4.69, 9.17) is 0 Å². The smallest absolute Gasteiger partial charge is 0.274 e. The molecule has 6 nitrogen and oxygen atoms in total. The van der Waals surface area contributed by atoms with Crippen LogP contribution in [-0.4, -0.2) is 26.1 Å². The lowest BCUT2D eigenvalue weighted by Gasteiger charge is -2.14. The molecule has 100 valence electrons. The van der Waals surface area contributed by atoms with Crippen molar-refractivity contribution in [1.82, 2.24) is 24.9 Å². The molecule has 3 heterocycles. The van der Waals surface area contributed by atoms with Crippen LogP contribution in [0.4, 0.5) is 0 Å². The largest absolute Gasteiger partial charge is 0.307 e. The summed E-state index contributed by atoms with van der Waals surface area (Å²) in [4.78, 5) is 20.7. The van der Waals surface area contributed by atoms with Gasteiger partial charge in [0.1, 0.15) is 5.82 Å². The van der Waals surface area contributed by atoms with Gasteiger partial charge in [-0.3, -0.25) is 9.89 Å². The van der Waals surface area contributed by atoms with Crippen LogP contribution < -0.4 is 10.9 Å². The minimum Gasteiger partial charge on any atom is -0.307 e. The summed E-state index contributed by atoms with van der Waals surface area (Å²) >= 11 is 0. The lowest BCUT2D eigenvalue weighted by Crippen LogP contribution is -2.20. The van der Waals surface area contributed by atoms with E-state index in [1.165, 1.54) is 29.8 Å². The molecular weight excluding hydrogens is 242 g/mol. The summed E-state index contributed by atoms with van der Waals surface area (Å²) < 4.78 is 1.44. The highest BCUT2D eigenvalue weighted by atomic mass is 16.1. The van der Waals surface area contributed by atoms with E-state index in [0.29, 0.717) is 17.4 Å². The average Bonchev–Trinajstić information content (AvgIpc) is 2.99. The zero-order valence-electron chi connectivity index (χ0n) is 10.9. The van der Waals surface area contributed by atoms with Gasteiger partial charge in [-0.2, -0.15) is 9.50 Å². The minimum absolute atomic E-state index is 0.0952. The Morgan fingerprint density at radius 1 is 1.37 bits per heavy atom. The second kappa shape index (κ2) is 3.90. The number of H-pyrrole nitrogens is 1. The predicted octanol–water partition coefficient (Wildman–Crippen LogP) is 0.787. The van der Waals surface area contributed by atoms with Gasteiger partial charge in [-0.25, -0.2) is 4.98 Å². The first-order valence-electron chi connectivity index (χ1n) is 6.92. The second-order valence-electron chi connectivity index (χ2n) is 5.72. The molecule has 2 aromatic heterocycles. The molecule has 1 aliphatic heterocycles. The molecular formula is C13H17N5O. The summed E-state index contributed by atoms with van der Waals surface area (Å²) in [6.45, 7) is 2.88. The number of rotatable bonds is 1. The van der Waals surface area contributed by atoms with Crippen LogP contribution in [0.1, 0.15) is 36.8 Å². The van der Waals surface area contributed by atoms with E-state index < -0.39 is 0 Å². The van der Waals surface area contributed by atoms with Crippen LogP contribution in [0, 0.1) is 18.8 Å². The number of nitrogens with one attached hydrogen (secondary N) is 2. The summed E-state index contributed by atoms with van der Waals surface area (Å²) in [6.07, 6.45) is 3.87. The predicted molar refractivity (Wildman–Crippen MR) is 69.9 cm³/mol.